The van der Waals surface area contributed by atoms with Crippen LogP contribution in [-0.2, 0) is 9.53 Å². The van der Waals surface area contributed by atoms with Gasteiger partial charge in [-0.15, -0.1) is 11.6 Å². The number of hydrogen-bond acceptors (Lipinski definition) is 3. The SMILES string of the molecule is COCC(CCO)NC(=O)C(C)CCl. The lowest BCUT2D eigenvalue weighted by Gasteiger charge is -2.18. The van der Waals surface area contributed by atoms with Gasteiger partial charge in [-0.1, -0.05) is 6.92 Å². The van der Waals surface area contributed by atoms with Gasteiger partial charge in [-0.3, -0.25) is 4.79 Å². The van der Waals surface area contributed by atoms with Crippen LogP contribution in [0, 0.1) is 5.92 Å². The lowest BCUT2D eigenvalue weighted by Crippen LogP contribution is -2.41. The highest BCUT2D eigenvalue weighted by Gasteiger charge is 2.16. The third-order valence-corrected chi connectivity index (χ3v) is 2.33. The molecule has 0 aliphatic rings. The van der Waals surface area contributed by atoms with E-state index in [9.17, 15) is 4.79 Å². The molecular formula is C9H18ClNO3. The molecule has 1 amide bonds. The van der Waals surface area contributed by atoms with E-state index in [1.165, 1.54) is 0 Å². The first-order chi connectivity index (χ1) is 6.65. The van der Waals surface area contributed by atoms with Crippen molar-refractivity contribution in [3.8, 4) is 0 Å². The highest BCUT2D eigenvalue weighted by Crippen LogP contribution is 2.00. The molecule has 0 heterocycles. The normalized spacial score (nSPS) is 14.9. The molecular weight excluding hydrogens is 206 g/mol. The van der Waals surface area contributed by atoms with Crippen LogP contribution in [0.25, 0.3) is 0 Å². The number of alkyl halides is 1. The molecule has 0 radical (unpaired) electrons. The maximum Gasteiger partial charge on any atom is 0.224 e. The zero-order valence-corrected chi connectivity index (χ0v) is 9.38. The van der Waals surface area contributed by atoms with Crippen LogP contribution in [0.5, 0.6) is 0 Å². The molecule has 0 aromatic heterocycles. The Morgan fingerprint density at radius 1 is 1.64 bits per heavy atom. The summed E-state index contributed by atoms with van der Waals surface area (Å²) in [5, 5.41) is 11.5. The van der Waals surface area contributed by atoms with Gasteiger partial charge in [-0.25, -0.2) is 0 Å². The Kier molecular flexibility index (Phi) is 7.84. The summed E-state index contributed by atoms with van der Waals surface area (Å²) in [6.07, 6.45) is 0.495. The lowest BCUT2D eigenvalue weighted by atomic mass is 10.1. The summed E-state index contributed by atoms with van der Waals surface area (Å²) in [5.41, 5.74) is 0. The monoisotopic (exact) mass is 223 g/mol. The van der Waals surface area contributed by atoms with Gasteiger partial charge in [-0.05, 0) is 6.42 Å². The minimum absolute atomic E-state index is 0.0313. The second-order valence-electron chi connectivity index (χ2n) is 3.23. The van der Waals surface area contributed by atoms with E-state index >= 15 is 0 Å². The van der Waals surface area contributed by atoms with Crippen LogP contribution in [0.15, 0.2) is 0 Å². The van der Waals surface area contributed by atoms with E-state index in [0.717, 1.165) is 0 Å². The van der Waals surface area contributed by atoms with Gasteiger partial charge < -0.3 is 15.2 Å². The molecule has 0 fully saturated rings. The number of carbonyl (C=O) groups is 1. The van der Waals surface area contributed by atoms with E-state index in [1.54, 1.807) is 14.0 Å². The van der Waals surface area contributed by atoms with Crippen molar-refractivity contribution in [2.24, 2.45) is 5.92 Å². The van der Waals surface area contributed by atoms with E-state index in [-0.39, 0.29) is 24.5 Å². The average molecular weight is 224 g/mol. The summed E-state index contributed by atoms with van der Waals surface area (Å²) >= 11 is 5.54. The van der Waals surface area contributed by atoms with Crippen molar-refractivity contribution >= 4 is 17.5 Å². The molecule has 14 heavy (non-hydrogen) atoms. The van der Waals surface area contributed by atoms with Gasteiger partial charge in [0.15, 0.2) is 0 Å². The minimum Gasteiger partial charge on any atom is -0.396 e. The van der Waals surface area contributed by atoms with E-state index in [2.05, 4.69) is 5.32 Å². The average Bonchev–Trinajstić information content (AvgIpc) is 2.17. The Hall–Kier alpha value is -0.320. The van der Waals surface area contributed by atoms with Crippen molar-refractivity contribution in [3.05, 3.63) is 0 Å². The Bertz CT molecular complexity index is 160. The predicted molar refractivity (Wildman–Crippen MR) is 55.4 cm³/mol. The molecule has 5 heteroatoms. The summed E-state index contributed by atoms with van der Waals surface area (Å²) in [6, 6.07) is -0.136. The Balaban J connectivity index is 3.94. The smallest absolute Gasteiger partial charge is 0.224 e. The van der Waals surface area contributed by atoms with E-state index < -0.39 is 0 Å². The highest BCUT2D eigenvalue weighted by molar-refractivity contribution is 6.19. The van der Waals surface area contributed by atoms with Crippen LogP contribution in [0.1, 0.15) is 13.3 Å². The molecule has 0 saturated carbocycles. The fourth-order valence-corrected chi connectivity index (χ4v) is 1.11. The van der Waals surface area contributed by atoms with Crippen LogP contribution in [0.2, 0.25) is 0 Å². The summed E-state index contributed by atoms with van der Waals surface area (Å²) in [5.74, 6) is -0.0183. The van der Waals surface area contributed by atoms with Crippen LogP contribution in [-0.4, -0.2) is 43.3 Å². The van der Waals surface area contributed by atoms with Crippen LogP contribution in [0.3, 0.4) is 0 Å². The van der Waals surface area contributed by atoms with Gasteiger partial charge in [0.25, 0.3) is 0 Å². The van der Waals surface area contributed by atoms with Crippen molar-refractivity contribution in [1.82, 2.24) is 5.32 Å². The molecule has 0 saturated heterocycles. The zero-order valence-electron chi connectivity index (χ0n) is 8.62. The quantitative estimate of drug-likeness (QED) is 0.614. The summed E-state index contributed by atoms with van der Waals surface area (Å²) in [7, 11) is 1.56. The number of aliphatic hydroxyl groups excluding tert-OH is 1. The molecule has 0 bridgehead atoms. The van der Waals surface area contributed by atoms with E-state index in [4.69, 9.17) is 21.4 Å². The number of ether oxygens (including phenoxy) is 1. The maximum atomic E-state index is 11.4. The number of halogens is 1. The van der Waals surface area contributed by atoms with E-state index in [0.29, 0.717) is 18.9 Å². The number of hydrogen-bond donors (Lipinski definition) is 2. The number of methoxy groups -OCH3 is 1. The molecule has 0 aromatic rings. The Morgan fingerprint density at radius 2 is 2.29 bits per heavy atom. The van der Waals surface area contributed by atoms with E-state index in [1.807, 2.05) is 0 Å². The molecule has 84 valence electrons. The van der Waals surface area contributed by atoms with Gasteiger partial charge in [-0.2, -0.15) is 0 Å². The van der Waals surface area contributed by atoms with Crippen LogP contribution in [0.4, 0.5) is 0 Å². The first kappa shape index (κ1) is 13.7. The van der Waals surface area contributed by atoms with Crippen LogP contribution >= 0.6 is 11.6 Å². The first-order valence-electron chi connectivity index (χ1n) is 4.61. The van der Waals surface area contributed by atoms with Crippen molar-refractivity contribution < 1.29 is 14.6 Å². The first-order valence-corrected chi connectivity index (χ1v) is 5.15. The molecule has 0 aliphatic heterocycles. The number of aliphatic hydroxyl groups is 1. The molecule has 0 aliphatic carbocycles. The van der Waals surface area contributed by atoms with Crippen molar-refractivity contribution in [1.29, 1.82) is 0 Å². The molecule has 2 N–H and O–H groups in total. The van der Waals surface area contributed by atoms with Gasteiger partial charge in [0.05, 0.1) is 12.6 Å². The fourth-order valence-electron chi connectivity index (χ4n) is 0.968. The molecule has 2 atom stereocenters. The van der Waals surface area contributed by atoms with Gasteiger partial charge in [0.1, 0.15) is 0 Å². The van der Waals surface area contributed by atoms with Crippen molar-refractivity contribution in [2.45, 2.75) is 19.4 Å². The highest BCUT2D eigenvalue weighted by atomic mass is 35.5. The molecule has 0 rings (SSSR count). The largest absolute Gasteiger partial charge is 0.396 e. The number of rotatable bonds is 7. The van der Waals surface area contributed by atoms with Gasteiger partial charge in [0.2, 0.25) is 5.91 Å². The van der Waals surface area contributed by atoms with Gasteiger partial charge in [0, 0.05) is 25.5 Å². The second kappa shape index (κ2) is 8.03. The fraction of sp³-hybridized carbons (Fsp3) is 0.889. The lowest BCUT2D eigenvalue weighted by molar-refractivity contribution is -0.125. The summed E-state index contributed by atoms with van der Waals surface area (Å²) in [6.45, 7) is 2.19. The zero-order chi connectivity index (χ0) is 11.0. The molecule has 0 aromatic carbocycles. The molecule has 0 spiro atoms. The summed E-state index contributed by atoms with van der Waals surface area (Å²) in [4.78, 5) is 11.4. The van der Waals surface area contributed by atoms with Crippen molar-refractivity contribution in [3.63, 3.8) is 0 Å². The number of carbonyl (C=O) groups excluding carboxylic acids is 1. The Morgan fingerprint density at radius 3 is 2.71 bits per heavy atom. The Labute approximate surface area is 89.6 Å². The number of amides is 1. The third-order valence-electron chi connectivity index (χ3n) is 1.87. The number of nitrogens with one attached hydrogen (secondary N) is 1. The van der Waals surface area contributed by atoms with Crippen molar-refractivity contribution in [2.75, 3.05) is 26.2 Å². The molecule has 2 unspecified atom stereocenters. The maximum absolute atomic E-state index is 11.4. The minimum atomic E-state index is -0.213. The standard InChI is InChI=1S/C9H18ClNO3/c1-7(5-10)9(13)11-8(3-4-12)6-14-2/h7-8,12H,3-6H2,1-2H3,(H,11,13). The van der Waals surface area contributed by atoms with Crippen LogP contribution < -0.4 is 5.32 Å². The van der Waals surface area contributed by atoms with Gasteiger partial charge >= 0.3 is 0 Å². The third kappa shape index (κ3) is 5.42. The second-order valence-corrected chi connectivity index (χ2v) is 3.54. The summed E-state index contributed by atoms with van der Waals surface area (Å²) < 4.78 is 4.91. The topological polar surface area (TPSA) is 58.6 Å². The molecule has 4 nitrogen and oxygen atoms in total. The predicted octanol–water partition coefficient (Wildman–Crippen LogP) is 0.375.